The lowest BCUT2D eigenvalue weighted by molar-refractivity contribution is -0.118. The molecule has 8 heteroatoms. The number of amides is 1. The molecule has 1 aromatic heterocycles. The molecule has 1 amide bonds. The van der Waals surface area contributed by atoms with E-state index in [4.69, 9.17) is 16.3 Å². The molecule has 1 aromatic carbocycles. The Morgan fingerprint density at radius 1 is 1.37 bits per heavy atom. The van der Waals surface area contributed by atoms with Crippen molar-refractivity contribution in [3.05, 3.63) is 40.2 Å². The number of rotatable bonds is 6. The first kappa shape index (κ1) is 19.6. The Morgan fingerprint density at radius 3 is 2.85 bits per heavy atom. The van der Waals surface area contributed by atoms with Crippen LogP contribution in [0.5, 0.6) is 5.88 Å². The van der Waals surface area contributed by atoms with E-state index in [1.165, 1.54) is 36.7 Å². The summed E-state index contributed by atoms with van der Waals surface area (Å²) in [6.07, 6.45) is 4.67. The number of anilines is 1. The van der Waals surface area contributed by atoms with E-state index in [9.17, 15) is 9.59 Å². The van der Waals surface area contributed by atoms with Gasteiger partial charge in [0.2, 0.25) is 11.8 Å². The maximum Gasteiger partial charge on any atom is 0.514 e. The average Bonchev–Trinajstić information content (AvgIpc) is 3.31. The van der Waals surface area contributed by atoms with Gasteiger partial charge in [-0.05, 0) is 30.0 Å². The number of ether oxygens (including phenoxy) is 2. The molecule has 1 heterocycles. The lowest BCUT2D eigenvalue weighted by Crippen LogP contribution is -2.23. The zero-order valence-electron chi connectivity index (χ0n) is 14.9. The standard InChI is InChI=1S/C19H21ClN2O4S/c1-25-19(24)26-16-11-27-18(21-16)22-17(23)15(9-12-5-2-3-6-12)13-7-4-8-14(20)10-13/h4,7-8,10-12,15H,2-3,5-6,9H2,1H3,(H,21,22,23). The van der Waals surface area contributed by atoms with E-state index in [1.54, 1.807) is 6.07 Å². The Kier molecular flexibility index (Phi) is 6.68. The molecule has 1 atom stereocenters. The van der Waals surface area contributed by atoms with Gasteiger partial charge in [0.25, 0.3) is 0 Å². The summed E-state index contributed by atoms with van der Waals surface area (Å²) in [5, 5.41) is 5.36. The number of methoxy groups -OCH3 is 1. The third-order valence-corrected chi connectivity index (χ3v) is 5.65. The van der Waals surface area contributed by atoms with E-state index in [0.29, 0.717) is 16.1 Å². The predicted molar refractivity (Wildman–Crippen MR) is 105 cm³/mol. The number of carbonyl (C=O) groups is 2. The fourth-order valence-corrected chi connectivity index (χ4v) is 4.19. The molecule has 1 saturated carbocycles. The SMILES string of the molecule is COC(=O)Oc1csc(NC(=O)C(CC2CCCC2)c2cccc(Cl)c2)n1. The molecular formula is C19H21ClN2O4S. The number of hydrogen-bond donors (Lipinski definition) is 1. The van der Waals surface area contributed by atoms with E-state index in [-0.39, 0.29) is 17.7 Å². The minimum Gasteiger partial charge on any atom is -0.437 e. The van der Waals surface area contributed by atoms with Crippen LogP contribution in [0.4, 0.5) is 9.93 Å². The zero-order chi connectivity index (χ0) is 19.2. The van der Waals surface area contributed by atoms with Crippen molar-refractivity contribution in [2.24, 2.45) is 5.92 Å². The van der Waals surface area contributed by atoms with Crippen LogP contribution in [0.15, 0.2) is 29.6 Å². The van der Waals surface area contributed by atoms with Gasteiger partial charge >= 0.3 is 6.16 Å². The number of hydrogen-bond acceptors (Lipinski definition) is 6. The molecule has 0 spiro atoms. The molecule has 1 aliphatic rings. The number of nitrogens with one attached hydrogen (secondary N) is 1. The van der Waals surface area contributed by atoms with E-state index in [0.717, 1.165) is 24.8 Å². The summed E-state index contributed by atoms with van der Waals surface area (Å²) in [6, 6.07) is 7.43. The van der Waals surface area contributed by atoms with Crippen molar-refractivity contribution in [2.75, 3.05) is 12.4 Å². The van der Waals surface area contributed by atoms with E-state index in [2.05, 4.69) is 15.0 Å². The van der Waals surface area contributed by atoms with Crippen LogP contribution in [0.2, 0.25) is 5.02 Å². The highest BCUT2D eigenvalue weighted by molar-refractivity contribution is 7.14. The molecule has 0 bridgehead atoms. The largest absolute Gasteiger partial charge is 0.514 e. The lowest BCUT2D eigenvalue weighted by atomic mass is 9.87. The number of carbonyl (C=O) groups excluding carboxylic acids is 2. The lowest BCUT2D eigenvalue weighted by Gasteiger charge is -2.20. The highest BCUT2D eigenvalue weighted by Gasteiger charge is 2.27. The molecule has 6 nitrogen and oxygen atoms in total. The van der Waals surface area contributed by atoms with Gasteiger partial charge in [0.15, 0.2) is 5.13 Å². The summed E-state index contributed by atoms with van der Waals surface area (Å²) >= 11 is 7.32. The number of benzene rings is 1. The van der Waals surface area contributed by atoms with Crippen LogP contribution in [0.25, 0.3) is 0 Å². The second-order valence-corrected chi connectivity index (χ2v) is 7.82. The predicted octanol–water partition coefficient (Wildman–Crippen LogP) is 5.24. The quantitative estimate of drug-likeness (QED) is 0.661. The Labute approximate surface area is 166 Å². The van der Waals surface area contributed by atoms with Gasteiger partial charge in [-0.3, -0.25) is 4.79 Å². The molecular weight excluding hydrogens is 388 g/mol. The van der Waals surface area contributed by atoms with Crippen LogP contribution in [-0.2, 0) is 9.53 Å². The van der Waals surface area contributed by atoms with Crippen LogP contribution in [0, 0.1) is 5.92 Å². The van der Waals surface area contributed by atoms with E-state index < -0.39 is 6.16 Å². The first-order valence-corrected chi connectivity index (χ1v) is 10.1. The molecule has 1 aliphatic carbocycles. The summed E-state index contributed by atoms with van der Waals surface area (Å²) in [4.78, 5) is 28.2. The van der Waals surface area contributed by atoms with Gasteiger partial charge < -0.3 is 14.8 Å². The van der Waals surface area contributed by atoms with Gasteiger partial charge in [-0.2, -0.15) is 4.98 Å². The molecule has 144 valence electrons. The number of nitrogens with zero attached hydrogens (tertiary/aromatic N) is 1. The van der Waals surface area contributed by atoms with Crippen molar-refractivity contribution >= 4 is 40.1 Å². The van der Waals surface area contributed by atoms with Gasteiger partial charge in [0.05, 0.1) is 18.4 Å². The van der Waals surface area contributed by atoms with Crippen molar-refractivity contribution in [2.45, 2.75) is 38.0 Å². The van der Waals surface area contributed by atoms with Gasteiger partial charge in [-0.15, -0.1) is 11.3 Å². The van der Waals surface area contributed by atoms with Crippen molar-refractivity contribution in [1.29, 1.82) is 0 Å². The molecule has 3 rings (SSSR count). The maximum absolute atomic E-state index is 13.0. The summed E-state index contributed by atoms with van der Waals surface area (Å²) < 4.78 is 9.29. The Hall–Kier alpha value is -2.12. The summed E-state index contributed by atoms with van der Waals surface area (Å²) in [5.41, 5.74) is 0.898. The number of aromatic nitrogens is 1. The minimum absolute atomic E-state index is 0.0947. The van der Waals surface area contributed by atoms with Gasteiger partial charge in [0.1, 0.15) is 0 Å². The first-order chi connectivity index (χ1) is 13.0. The Balaban J connectivity index is 1.73. The van der Waals surface area contributed by atoms with Crippen LogP contribution in [-0.4, -0.2) is 24.2 Å². The van der Waals surface area contributed by atoms with Crippen molar-refractivity contribution in [3.63, 3.8) is 0 Å². The molecule has 2 aromatic rings. The molecule has 0 aliphatic heterocycles. The second kappa shape index (κ2) is 9.19. The second-order valence-electron chi connectivity index (χ2n) is 6.53. The normalized spacial score (nSPS) is 15.3. The van der Waals surface area contributed by atoms with Gasteiger partial charge in [-0.1, -0.05) is 49.4 Å². The van der Waals surface area contributed by atoms with Crippen molar-refractivity contribution in [3.8, 4) is 5.88 Å². The van der Waals surface area contributed by atoms with Crippen LogP contribution in [0.1, 0.15) is 43.6 Å². The molecule has 1 unspecified atom stereocenters. The van der Waals surface area contributed by atoms with Gasteiger partial charge in [0, 0.05) is 5.02 Å². The highest BCUT2D eigenvalue weighted by Crippen LogP contribution is 2.35. The first-order valence-electron chi connectivity index (χ1n) is 8.83. The average molecular weight is 409 g/mol. The molecule has 1 fully saturated rings. The fraction of sp³-hybridized carbons (Fsp3) is 0.421. The molecule has 1 N–H and O–H groups in total. The maximum atomic E-state index is 13.0. The van der Waals surface area contributed by atoms with Gasteiger partial charge in [-0.25, -0.2) is 4.79 Å². The zero-order valence-corrected chi connectivity index (χ0v) is 16.5. The van der Waals surface area contributed by atoms with Crippen LogP contribution < -0.4 is 10.1 Å². The summed E-state index contributed by atoms with van der Waals surface area (Å²) in [6.45, 7) is 0. The molecule has 27 heavy (non-hydrogen) atoms. The third kappa shape index (κ3) is 5.43. The number of halogens is 1. The summed E-state index contributed by atoms with van der Waals surface area (Å²) in [5.74, 6) is 0.190. The third-order valence-electron chi connectivity index (χ3n) is 4.68. The highest BCUT2D eigenvalue weighted by atomic mass is 35.5. The molecule has 0 radical (unpaired) electrons. The van der Waals surface area contributed by atoms with E-state index in [1.807, 2.05) is 18.2 Å². The minimum atomic E-state index is -0.851. The Morgan fingerprint density at radius 2 is 2.15 bits per heavy atom. The van der Waals surface area contributed by atoms with Crippen LogP contribution in [0.3, 0.4) is 0 Å². The topological polar surface area (TPSA) is 77.5 Å². The Bertz CT molecular complexity index is 805. The van der Waals surface area contributed by atoms with E-state index >= 15 is 0 Å². The number of thiazole rings is 1. The smallest absolute Gasteiger partial charge is 0.437 e. The van der Waals surface area contributed by atoms with Crippen molar-refractivity contribution in [1.82, 2.24) is 4.98 Å². The fourth-order valence-electron chi connectivity index (χ4n) is 3.38. The monoisotopic (exact) mass is 408 g/mol. The van der Waals surface area contributed by atoms with Crippen LogP contribution >= 0.6 is 22.9 Å². The molecule has 0 saturated heterocycles. The van der Waals surface area contributed by atoms with Crippen molar-refractivity contribution < 1.29 is 19.1 Å². The summed E-state index contributed by atoms with van der Waals surface area (Å²) in [7, 11) is 1.22.